The lowest BCUT2D eigenvalue weighted by atomic mass is 10.2. The van der Waals surface area contributed by atoms with Crippen LogP contribution in [0.4, 0.5) is 4.79 Å². The Morgan fingerprint density at radius 2 is 1.77 bits per heavy atom. The zero-order chi connectivity index (χ0) is 27.7. The summed E-state index contributed by atoms with van der Waals surface area (Å²) in [6, 6.07) is 17.7. The summed E-state index contributed by atoms with van der Waals surface area (Å²) in [5.41, 5.74) is 1.67. The van der Waals surface area contributed by atoms with E-state index in [0.29, 0.717) is 24.5 Å². The summed E-state index contributed by atoms with van der Waals surface area (Å²) in [6.07, 6.45) is 3.00. The molecule has 39 heavy (non-hydrogen) atoms. The fourth-order valence-electron chi connectivity index (χ4n) is 4.06. The van der Waals surface area contributed by atoms with Crippen LogP contribution in [0, 0.1) is 5.92 Å². The van der Waals surface area contributed by atoms with Crippen LogP contribution >= 0.6 is 0 Å². The van der Waals surface area contributed by atoms with Crippen LogP contribution in [-0.4, -0.2) is 55.1 Å². The topological polar surface area (TPSA) is 108 Å². The molecular formula is C28H33N3O7S. The third-order valence-corrected chi connectivity index (χ3v) is 7.80. The zero-order valence-corrected chi connectivity index (χ0v) is 22.9. The molecule has 1 aliphatic rings. The monoisotopic (exact) mass is 555 g/mol. The quantitative estimate of drug-likeness (QED) is 0.222. The van der Waals surface area contributed by atoms with Crippen molar-refractivity contribution < 1.29 is 32.5 Å². The van der Waals surface area contributed by atoms with Gasteiger partial charge in [-0.15, -0.1) is 0 Å². The summed E-state index contributed by atoms with van der Waals surface area (Å²) >= 11 is 0. The molecule has 0 saturated carbocycles. The van der Waals surface area contributed by atoms with E-state index in [-0.39, 0.29) is 43.8 Å². The molecule has 208 valence electrons. The normalized spacial score (nSPS) is 12.6. The number of fused-ring (bicyclic) bond motifs is 1. The summed E-state index contributed by atoms with van der Waals surface area (Å²) in [7, 11) is -3.81. The van der Waals surface area contributed by atoms with Crippen molar-refractivity contribution in [3.63, 3.8) is 0 Å². The largest absolute Gasteiger partial charge is 0.454 e. The van der Waals surface area contributed by atoms with Gasteiger partial charge in [0.15, 0.2) is 11.5 Å². The van der Waals surface area contributed by atoms with Crippen molar-refractivity contribution in [2.75, 3.05) is 26.4 Å². The van der Waals surface area contributed by atoms with Gasteiger partial charge in [-0.05, 0) is 36.1 Å². The number of nitrogens with zero attached hydrogens (tertiary/aromatic N) is 3. The number of carbonyl (C=O) groups excluding carboxylic acids is 1. The molecule has 2 heterocycles. The molecule has 4 rings (SSSR count). The van der Waals surface area contributed by atoms with Crippen LogP contribution in [0.1, 0.15) is 31.4 Å². The molecule has 0 unspecified atom stereocenters. The molecule has 1 amide bonds. The Bertz CT molecular complexity index is 1320. The maximum absolute atomic E-state index is 13.5. The third-order valence-electron chi connectivity index (χ3n) is 5.94. The molecule has 2 aromatic carbocycles. The highest BCUT2D eigenvalue weighted by Crippen LogP contribution is 2.34. The van der Waals surface area contributed by atoms with Crippen LogP contribution in [0.15, 0.2) is 78.0 Å². The van der Waals surface area contributed by atoms with Gasteiger partial charge in [-0.2, -0.15) is 9.19 Å². The second-order valence-electron chi connectivity index (χ2n) is 9.51. The van der Waals surface area contributed by atoms with E-state index in [9.17, 15) is 13.2 Å². The summed E-state index contributed by atoms with van der Waals surface area (Å²) < 4.78 is 39.2. The van der Waals surface area contributed by atoms with Crippen molar-refractivity contribution in [1.29, 1.82) is 0 Å². The summed E-state index contributed by atoms with van der Waals surface area (Å²) in [4.78, 5) is 28.8. The molecule has 10 nitrogen and oxygen atoms in total. The number of hydrogen-bond acceptors (Lipinski definition) is 8. The van der Waals surface area contributed by atoms with Crippen LogP contribution in [-0.2, 0) is 33.0 Å². The molecule has 0 aliphatic carbocycles. The molecule has 11 heteroatoms. The maximum Gasteiger partial charge on any atom is 0.441 e. The number of amides is 1. The Hall–Kier alpha value is -3.67. The Morgan fingerprint density at radius 1 is 1.00 bits per heavy atom. The third kappa shape index (κ3) is 7.92. The van der Waals surface area contributed by atoms with Crippen molar-refractivity contribution >= 4 is 16.1 Å². The van der Waals surface area contributed by atoms with Gasteiger partial charge in [-0.1, -0.05) is 50.2 Å². The molecule has 0 N–H and O–H groups in total. The highest BCUT2D eigenvalue weighted by molar-refractivity contribution is 7.89. The molecule has 0 fully saturated rings. The SMILES string of the molecule is CC(C)CN(CCCN(Cc1ccccc1)C(=O)OOCc1cccnc1)S(=O)(=O)c1ccc2c(c1)OCO2. The van der Waals surface area contributed by atoms with Gasteiger partial charge in [0.1, 0.15) is 6.61 Å². The molecule has 0 bridgehead atoms. The van der Waals surface area contributed by atoms with E-state index in [1.54, 1.807) is 24.5 Å². The van der Waals surface area contributed by atoms with E-state index in [2.05, 4.69) is 4.98 Å². The highest BCUT2D eigenvalue weighted by atomic mass is 32.2. The van der Waals surface area contributed by atoms with Gasteiger partial charge in [0.05, 0.1) is 4.90 Å². The first-order valence-corrected chi connectivity index (χ1v) is 14.2. The molecule has 0 radical (unpaired) electrons. The van der Waals surface area contributed by atoms with Crippen LogP contribution in [0.5, 0.6) is 11.5 Å². The Kier molecular flexibility index (Phi) is 9.74. The fraction of sp³-hybridized carbons (Fsp3) is 0.357. The first-order valence-electron chi connectivity index (χ1n) is 12.7. The fourth-order valence-corrected chi connectivity index (χ4v) is 5.72. The Balaban J connectivity index is 1.42. The summed E-state index contributed by atoms with van der Waals surface area (Å²) in [5.74, 6) is 1.02. The van der Waals surface area contributed by atoms with E-state index >= 15 is 0 Å². The van der Waals surface area contributed by atoms with Gasteiger partial charge in [0.25, 0.3) is 0 Å². The molecule has 1 aliphatic heterocycles. The van der Waals surface area contributed by atoms with Gasteiger partial charge >= 0.3 is 6.09 Å². The van der Waals surface area contributed by atoms with E-state index < -0.39 is 16.1 Å². The minimum Gasteiger partial charge on any atom is -0.454 e. The number of rotatable bonds is 13. The molecule has 0 atom stereocenters. The lowest BCUT2D eigenvalue weighted by Gasteiger charge is -2.26. The number of sulfonamides is 1. The predicted molar refractivity (Wildman–Crippen MR) is 143 cm³/mol. The Morgan fingerprint density at radius 3 is 2.51 bits per heavy atom. The van der Waals surface area contributed by atoms with Gasteiger partial charge in [0.2, 0.25) is 16.8 Å². The first-order chi connectivity index (χ1) is 18.8. The van der Waals surface area contributed by atoms with Crippen molar-refractivity contribution in [3.05, 3.63) is 84.2 Å². The number of aromatic nitrogens is 1. The van der Waals surface area contributed by atoms with Crippen molar-refractivity contribution in [2.45, 2.75) is 38.3 Å². The van der Waals surface area contributed by atoms with E-state index in [0.717, 1.165) is 11.1 Å². The lowest BCUT2D eigenvalue weighted by molar-refractivity contribution is -0.256. The molecular weight excluding hydrogens is 522 g/mol. The summed E-state index contributed by atoms with van der Waals surface area (Å²) in [5, 5.41) is 0. The second kappa shape index (κ2) is 13.4. The maximum atomic E-state index is 13.5. The van der Waals surface area contributed by atoms with Crippen LogP contribution in [0.25, 0.3) is 0 Å². The zero-order valence-electron chi connectivity index (χ0n) is 22.1. The van der Waals surface area contributed by atoms with Gasteiger partial charge in [0, 0.05) is 50.2 Å². The average molecular weight is 556 g/mol. The van der Waals surface area contributed by atoms with Gasteiger partial charge in [-0.25, -0.2) is 13.2 Å². The number of ether oxygens (including phenoxy) is 2. The van der Waals surface area contributed by atoms with Gasteiger partial charge in [-0.3, -0.25) is 9.87 Å². The van der Waals surface area contributed by atoms with E-state index in [1.807, 2.05) is 50.2 Å². The van der Waals surface area contributed by atoms with E-state index in [1.165, 1.54) is 21.3 Å². The molecule has 3 aromatic rings. The number of hydrogen-bond donors (Lipinski definition) is 0. The van der Waals surface area contributed by atoms with Crippen molar-refractivity contribution in [3.8, 4) is 11.5 Å². The van der Waals surface area contributed by atoms with Crippen molar-refractivity contribution in [2.24, 2.45) is 5.92 Å². The van der Waals surface area contributed by atoms with Crippen LogP contribution in [0.3, 0.4) is 0 Å². The van der Waals surface area contributed by atoms with Gasteiger partial charge < -0.3 is 14.4 Å². The standard InChI is InChI=1S/C28H33N3O7S/c1-22(2)18-31(39(33,34)25-11-12-26-27(16-25)36-21-35-26)15-7-14-30(19-23-8-4-3-5-9-23)28(32)38-37-20-24-10-6-13-29-17-24/h3-6,8-13,16-17,22H,7,14-15,18-21H2,1-2H3. The number of benzene rings is 2. The number of carbonyl (C=O) groups is 1. The predicted octanol–water partition coefficient (Wildman–Crippen LogP) is 4.62. The molecule has 0 spiro atoms. The molecule has 0 saturated heterocycles. The average Bonchev–Trinajstić information content (AvgIpc) is 3.41. The van der Waals surface area contributed by atoms with Crippen LogP contribution in [0.2, 0.25) is 0 Å². The second-order valence-corrected chi connectivity index (χ2v) is 11.4. The van der Waals surface area contributed by atoms with E-state index in [4.69, 9.17) is 19.2 Å². The van der Waals surface area contributed by atoms with Crippen LogP contribution < -0.4 is 9.47 Å². The van der Waals surface area contributed by atoms with Crippen molar-refractivity contribution in [1.82, 2.24) is 14.2 Å². The highest BCUT2D eigenvalue weighted by Gasteiger charge is 2.28. The minimum absolute atomic E-state index is 0.0633. The molecule has 1 aromatic heterocycles. The number of pyridine rings is 1. The smallest absolute Gasteiger partial charge is 0.441 e. The lowest BCUT2D eigenvalue weighted by Crippen LogP contribution is -2.38. The first kappa shape index (κ1) is 28.3. The minimum atomic E-state index is -3.81. The summed E-state index contributed by atoms with van der Waals surface area (Å²) in [6.45, 7) is 5.13. The Labute approximate surface area is 229 Å².